The number of rotatable bonds is 4. The minimum Gasteiger partial charge on any atom is -0.465 e. The van der Waals surface area contributed by atoms with Crippen LogP contribution in [0.25, 0.3) is 0 Å². The van der Waals surface area contributed by atoms with Crippen molar-refractivity contribution in [3.05, 3.63) is 59.8 Å². The molecule has 2 heterocycles. The average Bonchev–Trinajstić information content (AvgIpc) is 3.18. The third-order valence-corrected chi connectivity index (χ3v) is 4.06. The summed E-state index contributed by atoms with van der Waals surface area (Å²) in [5, 5.41) is 8.34. The predicted octanol–water partition coefficient (Wildman–Crippen LogP) is 2.58. The lowest BCUT2D eigenvalue weighted by molar-refractivity contribution is 0.1000. The number of nitrogens with zero attached hydrogens (tertiary/aromatic N) is 3. The van der Waals surface area contributed by atoms with E-state index in [0.29, 0.717) is 5.56 Å². The van der Waals surface area contributed by atoms with Gasteiger partial charge in [-0.2, -0.15) is 0 Å². The lowest BCUT2D eigenvalue weighted by Crippen LogP contribution is -2.25. The van der Waals surface area contributed by atoms with Gasteiger partial charge in [0.15, 0.2) is 0 Å². The van der Waals surface area contributed by atoms with E-state index in [1.165, 1.54) is 16.7 Å². The molecule has 1 aliphatic heterocycles. The first-order valence-corrected chi connectivity index (χ1v) is 8.46. The van der Waals surface area contributed by atoms with E-state index in [1.807, 2.05) is 30.1 Å². The fourth-order valence-electron chi connectivity index (χ4n) is 2.60. The number of benzene rings is 1. The molecule has 1 aromatic carbocycles. The van der Waals surface area contributed by atoms with Crippen molar-refractivity contribution in [2.75, 3.05) is 25.0 Å². The number of pyridine rings is 1. The Morgan fingerprint density at radius 3 is 2.27 bits per heavy atom. The quantitative estimate of drug-likeness (QED) is 0.877. The zero-order valence-corrected chi connectivity index (χ0v) is 14.8. The van der Waals surface area contributed by atoms with Crippen LogP contribution >= 0.6 is 0 Å². The maximum atomic E-state index is 10.9. The Morgan fingerprint density at radius 1 is 1.15 bits per heavy atom. The predicted molar refractivity (Wildman–Crippen MR) is 100 cm³/mol. The second-order valence-electron chi connectivity index (χ2n) is 6.09. The van der Waals surface area contributed by atoms with Crippen molar-refractivity contribution >= 4 is 17.8 Å². The molecule has 1 aliphatic rings. The van der Waals surface area contributed by atoms with Gasteiger partial charge in [-0.05, 0) is 30.5 Å². The molecule has 7 nitrogen and oxygen atoms in total. The van der Waals surface area contributed by atoms with Crippen LogP contribution < -0.4 is 10.6 Å². The molecule has 0 aliphatic carbocycles. The van der Waals surface area contributed by atoms with Gasteiger partial charge in [0.25, 0.3) is 0 Å². The molecule has 0 spiro atoms. The summed E-state index contributed by atoms with van der Waals surface area (Å²) in [7, 11) is 1.96. The van der Waals surface area contributed by atoms with Gasteiger partial charge in [0, 0.05) is 32.9 Å². The molecule has 3 rings (SSSR count). The zero-order chi connectivity index (χ0) is 18.9. The molecule has 0 saturated carbocycles. The molecule has 0 bridgehead atoms. The lowest BCUT2D eigenvalue weighted by Gasteiger charge is -2.18. The van der Waals surface area contributed by atoms with Crippen LogP contribution in [0.3, 0.4) is 0 Å². The number of hydrogen-bond acceptors (Lipinski definition) is 4. The molecule has 0 radical (unpaired) electrons. The van der Waals surface area contributed by atoms with Crippen molar-refractivity contribution in [2.24, 2.45) is 5.73 Å². The van der Waals surface area contributed by atoms with E-state index >= 15 is 0 Å². The van der Waals surface area contributed by atoms with Gasteiger partial charge >= 0.3 is 6.09 Å². The highest BCUT2D eigenvalue weighted by Gasteiger charge is 2.15. The van der Waals surface area contributed by atoms with E-state index in [4.69, 9.17) is 10.8 Å². The van der Waals surface area contributed by atoms with E-state index in [0.717, 1.165) is 38.3 Å². The summed E-state index contributed by atoms with van der Waals surface area (Å²) in [6.07, 6.45) is 2.79. The molecular formula is C19H24N4O3. The topological polar surface area (TPSA) is 99.8 Å². The normalized spacial score (nSPS) is 12.9. The van der Waals surface area contributed by atoms with E-state index in [1.54, 1.807) is 12.1 Å². The molecule has 0 atom stereocenters. The maximum Gasteiger partial charge on any atom is 0.407 e. The Labute approximate surface area is 153 Å². The first-order chi connectivity index (χ1) is 12.5. The number of carbonyl (C=O) groups is 2. The Hall–Kier alpha value is -3.09. The Morgan fingerprint density at radius 2 is 1.81 bits per heavy atom. The van der Waals surface area contributed by atoms with Gasteiger partial charge in [0.2, 0.25) is 5.91 Å². The fourth-order valence-corrected chi connectivity index (χ4v) is 2.60. The summed E-state index contributed by atoms with van der Waals surface area (Å²) in [4.78, 5) is 28.7. The number of carbonyl (C=O) groups excluding carboxylic acids is 1. The van der Waals surface area contributed by atoms with Crippen molar-refractivity contribution in [3.8, 4) is 0 Å². The second kappa shape index (κ2) is 9.41. The van der Waals surface area contributed by atoms with E-state index in [9.17, 15) is 9.59 Å². The summed E-state index contributed by atoms with van der Waals surface area (Å²) in [5.41, 5.74) is 6.80. The molecule has 7 heteroatoms. The van der Waals surface area contributed by atoms with Crippen LogP contribution in [0.2, 0.25) is 0 Å². The summed E-state index contributed by atoms with van der Waals surface area (Å²) in [6.45, 7) is 2.23. The summed E-state index contributed by atoms with van der Waals surface area (Å²) < 4.78 is 0. The SMILES string of the molecule is CN(Cc1ccccc1)c1ccc(C(N)=O)cn1.O=C(O)N1CCCC1. The second-order valence-corrected chi connectivity index (χ2v) is 6.09. The number of anilines is 1. The smallest absolute Gasteiger partial charge is 0.407 e. The molecule has 138 valence electrons. The summed E-state index contributed by atoms with van der Waals surface area (Å²) in [6, 6.07) is 13.6. The Bertz CT molecular complexity index is 713. The standard InChI is InChI=1S/C14H15N3O.C5H9NO2/c1-17(10-11-5-3-2-4-6-11)13-8-7-12(9-16-13)14(15)18;7-5(8)6-3-1-2-4-6/h2-9H,10H2,1H3,(H2,15,18);1-4H2,(H,7,8). The third kappa shape index (κ3) is 5.77. The van der Waals surface area contributed by atoms with Gasteiger partial charge in [0.1, 0.15) is 5.82 Å². The van der Waals surface area contributed by atoms with Crippen LogP contribution in [0.4, 0.5) is 10.6 Å². The molecule has 1 saturated heterocycles. The minimum atomic E-state index is -0.775. The molecule has 0 unspecified atom stereocenters. The van der Waals surface area contributed by atoms with E-state index < -0.39 is 12.0 Å². The minimum absolute atomic E-state index is 0.423. The summed E-state index contributed by atoms with van der Waals surface area (Å²) in [5.74, 6) is 0.351. The number of hydrogen-bond donors (Lipinski definition) is 2. The van der Waals surface area contributed by atoms with Gasteiger partial charge in [-0.3, -0.25) is 4.79 Å². The van der Waals surface area contributed by atoms with Crippen LogP contribution in [-0.2, 0) is 6.54 Å². The Balaban J connectivity index is 0.000000254. The molecule has 2 amide bonds. The average molecular weight is 356 g/mol. The van der Waals surface area contributed by atoms with Gasteiger partial charge in [0.05, 0.1) is 5.56 Å². The fraction of sp³-hybridized carbons (Fsp3) is 0.316. The molecule has 3 N–H and O–H groups in total. The number of primary amides is 1. The number of carboxylic acid groups (broad SMARTS) is 1. The van der Waals surface area contributed by atoms with Gasteiger partial charge in [-0.1, -0.05) is 30.3 Å². The third-order valence-electron chi connectivity index (χ3n) is 4.06. The van der Waals surface area contributed by atoms with Crippen LogP contribution in [-0.4, -0.2) is 47.1 Å². The first kappa shape index (κ1) is 19.2. The monoisotopic (exact) mass is 356 g/mol. The Kier molecular flexibility index (Phi) is 6.96. The molecule has 1 fully saturated rings. The first-order valence-electron chi connectivity index (χ1n) is 8.46. The highest BCUT2D eigenvalue weighted by atomic mass is 16.4. The number of amides is 2. The number of likely N-dealkylation sites (tertiary alicyclic amines) is 1. The van der Waals surface area contributed by atoms with Crippen LogP contribution in [0.5, 0.6) is 0 Å². The van der Waals surface area contributed by atoms with Crippen molar-refractivity contribution in [3.63, 3.8) is 0 Å². The molecule has 2 aromatic rings. The number of nitrogens with two attached hydrogens (primary N) is 1. The van der Waals surface area contributed by atoms with Crippen LogP contribution in [0, 0.1) is 0 Å². The van der Waals surface area contributed by atoms with Gasteiger partial charge < -0.3 is 20.6 Å². The largest absolute Gasteiger partial charge is 0.465 e. The van der Waals surface area contributed by atoms with Crippen LogP contribution in [0.15, 0.2) is 48.7 Å². The van der Waals surface area contributed by atoms with Crippen molar-refractivity contribution in [2.45, 2.75) is 19.4 Å². The zero-order valence-electron chi connectivity index (χ0n) is 14.8. The van der Waals surface area contributed by atoms with Crippen molar-refractivity contribution < 1.29 is 14.7 Å². The molecular weight excluding hydrogens is 332 g/mol. The molecule has 26 heavy (non-hydrogen) atoms. The van der Waals surface area contributed by atoms with Crippen molar-refractivity contribution in [1.82, 2.24) is 9.88 Å². The van der Waals surface area contributed by atoms with Crippen molar-refractivity contribution in [1.29, 1.82) is 0 Å². The maximum absolute atomic E-state index is 10.9. The van der Waals surface area contributed by atoms with Crippen LogP contribution in [0.1, 0.15) is 28.8 Å². The lowest BCUT2D eigenvalue weighted by atomic mass is 10.2. The van der Waals surface area contributed by atoms with E-state index in [-0.39, 0.29) is 0 Å². The molecule has 1 aromatic heterocycles. The number of aromatic nitrogens is 1. The van der Waals surface area contributed by atoms with E-state index in [2.05, 4.69) is 17.1 Å². The highest BCUT2D eigenvalue weighted by Crippen LogP contribution is 2.13. The van der Waals surface area contributed by atoms with Gasteiger partial charge in [-0.15, -0.1) is 0 Å². The summed E-state index contributed by atoms with van der Waals surface area (Å²) >= 11 is 0. The highest BCUT2D eigenvalue weighted by molar-refractivity contribution is 5.92. The van der Waals surface area contributed by atoms with Gasteiger partial charge in [-0.25, -0.2) is 9.78 Å².